The highest BCUT2D eigenvalue weighted by atomic mass is 32.2. The molecule has 1 atom stereocenters. The average molecular weight is 297 g/mol. The van der Waals surface area contributed by atoms with Gasteiger partial charge in [0.15, 0.2) is 9.84 Å². The van der Waals surface area contributed by atoms with E-state index >= 15 is 0 Å². The van der Waals surface area contributed by atoms with E-state index in [1.807, 2.05) is 13.0 Å². The number of benzene rings is 1. The van der Waals surface area contributed by atoms with Gasteiger partial charge < -0.3 is 0 Å². The second kappa shape index (κ2) is 7.56. The van der Waals surface area contributed by atoms with Crippen molar-refractivity contribution in [2.24, 2.45) is 5.92 Å². The maximum atomic E-state index is 12.0. The number of hydrogen-bond acceptors (Lipinski definition) is 4. The molecule has 0 N–H and O–H groups in total. The summed E-state index contributed by atoms with van der Waals surface area (Å²) >= 11 is 1.24. The Morgan fingerprint density at radius 2 is 2.16 bits per heavy atom. The molecular weight excluding hydrogens is 278 g/mol. The molecule has 0 aliphatic heterocycles. The van der Waals surface area contributed by atoms with Crippen LogP contribution in [-0.4, -0.2) is 19.9 Å². The van der Waals surface area contributed by atoms with Gasteiger partial charge >= 0.3 is 0 Å². The Bertz CT molecular complexity index is 547. The quantitative estimate of drug-likeness (QED) is 0.725. The van der Waals surface area contributed by atoms with E-state index in [2.05, 4.69) is 12.3 Å². The second-order valence-electron chi connectivity index (χ2n) is 4.68. The van der Waals surface area contributed by atoms with Gasteiger partial charge in [-0.15, -0.1) is 0 Å². The van der Waals surface area contributed by atoms with Gasteiger partial charge in [0.1, 0.15) is 5.40 Å². The molecule has 0 aromatic heterocycles. The molecule has 5 heteroatoms. The molecule has 0 aliphatic rings. The second-order valence-corrected chi connectivity index (χ2v) is 7.59. The fourth-order valence-electron chi connectivity index (χ4n) is 1.89. The number of sulfone groups is 1. The predicted octanol–water partition coefficient (Wildman–Crippen LogP) is 3.26. The minimum absolute atomic E-state index is 0.191. The number of hydrogen-bond donors (Lipinski definition) is 0. The highest BCUT2D eigenvalue weighted by Crippen LogP contribution is 2.18. The summed E-state index contributed by atoms with van der Waals surface area (Å²) in [6.07, 6.45) is 1.42. The first-order valence-electron chi connectivity index (χ1n) is 6.32. The zero-order chi connectivity index (χ0) is 14.3. The Morgan fingerprint density at radius 1 is 1.42 bits per heavy atom. The van der Waals surface area contributed by atoms with Crippen molar-refractivity contribution in [2.45, 2.75) is 31.6 Å². The van der Waals surface area contributed by atoms with Gasteiger partial charge in [0.05, 0.1) is 10.6 Å². The topological polar surface area (TPSA) is 57.9 Å². The number of nitrogens with zero attached hydrogens (tertiary/aromatic N) is 1. The number of thioether (sulfide) groups is 1. The van der Waals surface area contributed by atoms with E-state index in [1.54, 1.807) is 18.2 Å². The molecule has 0 saturated carbocycles. The van der Waals surface area contributed by atoms with Crippen LogP contribution in [0, 0.1) is 16.6 Å². The van der Waals surface area contributed by atoms with Crippen LogP contribution in [0.1, 0.15) is 25.8 Å². The molecule has 3 nitrogen and oxygen atoms in total. The molecule has 1 rings (SSSR count). The third kappa shape index (κ3) is 5.25. The third-order valence-electron chi connectivity index (χ3n) is 2.75. The maximum absolute atomic E-state index is 12.0. The van der Waals surface area contributed by atoms with Crippen molar-refractivity contribution in [2.75, 3.05) is 11.5 Å². The highest BCUT2D eigenvalue weighted by molar-refractivity contribution is 8.03. The normalized spacial score (nSPS) is 12.9. The van der Waals surface area contributed by atoms with Crippen LogP contribution in [0.3, 0.4) is 0 Å². The van der Waals surface area contributed by atoms with Crippen molar-refractivity contribution in [3.63, 3.8) is 0 Å². The van der Waals surface area contributed by atoms with Gasteiger partial charge in [0.25, 0.3) is 0 Å². The van der Waals surface area contributed by atoms with E-state index in [0.717, 1.165) is 17.7 Å². The average Bonchev–Trinajstić information content (AvgIpc) is 2.36. The lowest BCUT2D eigenvalue weighted by Gasteiger charge is -2.10. The van der Waals surface area contributed by atoms with E-state index in [4.69, 9.17) is 5.26 Å². The molecule has 1 aromatic carbocycles. The predicted molar refractivity (Wildman–Crippen MR) is 79.7 cm³/mol. The van der Waals surface area contributed by atoms with Gasteiger partial charge in [0, 0.05) is 5.75 Å². The van der Waals surface area contributed by atoms with Crippen LogP contribution in [-0.2, 0) is 16.3 Å². The molecule has 0 heterocycles. The Morgan fingerprint density at radius 3 is 2.79 bits per heavy atom. The molecule has 19 heavy (non-hydrogen) atoms. The van der Waals surface area contributed by atoms with E-state index in [-0.39, 0.29) is 5.75 Å². The van der Waals surface area contributed by atoms with Crippen molar-refractivity contribution in [3.8, 4) is 5.40 Å². The van der Waals surface area contributed by atoms with Crippen molar-refractivity contribution in [1.29, 1.82) is 5.26 Å². The van der Waals surface area contributed by atoms with Crippen molar-refractivity contribution < 1.29 is 8.42 Å². The summed E-state index contributed by atoms with van der Waals surface area (Å²) in [6, 6.07) is 7.16. The van der Waals surface area contributed by atoms with Crippen LogP contribution in [0.2, 0.25) is 0 Å². The third-order valence-corrected chi connectivity index (χ3v) is 5.53. The fourth-order valence-corrected chi connectivity index (χ4v) is 3.76. The molecule has 0 aliphatic carbocycles. The summed E-state index contributed by atoms with van der Waals surface area (Å²) in [6.45, 7) is 3.93. The summed E-state index contributed by atoms with van der Waals surface area (Å²) in [5.41, 5.74) is 1.02. The molecule has 1 aromatic rings. The molecule has 104 valence electrons. The zero-order valence-electron chi connectivity index (χ0n) is 11.3. The highest BCUT2D eigenvalue weighted by Gasteiger charge is 2.14. The van der Waals surface area contributed by atoms with Crippen molar-refractivity contribution in [3.05, 3.63) is 29.8 Å². The van der Waals surface area contributed by atoms with Crippen molar-refractivity contribution in [1.82, 2.24) is 0 Å². The lowest BCUT2D eigenvalue weighted by molar-refractivity contribution is 0.594. The first-order valence-corrected chi connectivity index (χ1v) is 8.96. The Labute approximate surface area is 119 Å². The summed E-state index contributed by atoms with van der Waals surface area (Å²) < 4.78 is 24.0. The molecule has 0 bridgehead atoms. The maximum Gasteiger partial charge on any atom is 0.178 e. The molecule has 0 radical (unpaired) electrons. The largest absolute Gasteiger partial charge is 0.224 e. The zero-order valence-corrected chi connectivity index (χ0v) is 12.9. The fraction of sp³-hybridized carbons (Fsp3) is 0.500. The van der Waals surface area contributed by atoms with Gasteiger partial charge in [-0.1, -0.05) is 26.0 Å². The van der Waals surface area contributed by atoms with Gasteiger partial charge in [-0.05, 0) is 48.2 Å². The van der Waals surface area contributed by atoms with Gasteiger partial charge in [-0.2, -0.15) is 5.26 Å². The summed E-state index contributed by atoms with van der Waals surface area (Å²) in [5.74, 6) is 1.31. The van der Waals surface area contributed by atoms with Crippen LogP contribution in [0.15, 0.2) is 29.2 Å². The summed E-state index contributed by atoms with van der Waals surface area (Å²) in [7, 11) is -3.14. The molecule has 0 amide bonds. The molecule has 1 unspecified atom stereocenters. The van der Waals surface area contributed by atoms with Gasteiger partial charge in [0.2, 0.25) is 0 Å². The molecule has 0 spiro atoms. The van der Waals surface area contributed by atoms with Gasteiger partial charge in [-0.25, -0.2) is 8.42 Å². The van der Waals surface area contributed by atoms with Crippen LogP contribution in [0.4, 0.5) is 0 Å². The first kappa shape index (κ1) is 16.1. The summed E-state index contributed by atoms with van der Waals surface area (Å²) in [4.78, 5) is 0.409. The van der Waals surface area contributed by atoms with E-state index < -0.39 is 9.84 Å². The Kier molecular flexibility index (Phi) is 6.40. The molecule has 0 saturated heterocycles. The number of nitriles is 1. The van der Waals surface area contributed by atoms with E-state index in [1.165, 1.54) is 11.8 Å². The minimum atomic E-state index is -3.14. The summed E-state index contributed by atoms with van der Waals surface area (Å²) in [5, 5.41) is 10.6. The lowest BCUT2D eigenvalue weighted by Crippen LogP contribution is -2.07. The Balaban J connectivity index is 2.81. The van der Waals surface area contributed by atoms with Gasteiger partial charge in [-0.3, -0.25) is 0 Å². The number of thiocyanates is 1. The number of rotatable bonds is 7. The monoisotopic (exact) mass is 297 g/mol. The standard InChI is InChI=1S/C14H19NO2S2/c1-3-7-19(16,17)14-6-4-5-13(9-14)8-12(2)10-18-11-15/h4-6,9,12H,3,7-8,10H2,1-2H3. The molecular formula is C14H19NO2S2. The van der Waals surface area contributed by atoms with Crippen LogP contribution in [0.5, 0.6) is 0 Å². The SMILES string of the molecule is CCCS(=O)(=O)c1cccc(CC(C)CSC#N)c1. The smallest absolute Gasteiger partial charge is 0.178 e. The van der Waals surface area contributed by atoms with Crippen LogP contribution < -0.4 is 0 Å². The van der Waals surface area contributed by atoms with Crippen molar-refractivity contribution >= 4 is 21.6 Å². The van der Waals surface area contributed by atoms with E-state index in [0.29, 0.717) is 17.2 Å². The first-order chi connectivity index (χ1) is 8.99. The molecule has 0 fully saturated rings. The minimum Gasteiger partial charge on any atom is -0.224 e. The van der Waals surface area contributed by atoms with Crippen LogP contribution >= 0.6 is 11.8 Å². The van der Waals surface area contributed by atoms with Crippen LogP contribution in [0.25, 0.3) is 0 Å². The van der Waals surface area contributed by atoms with E-state index in [9.17, 15) is 8.42 Å². The Hall–Kier alpha value is -0.990. The lowest BCUT2D eigenvalue weighted by atomic mass is 10.0.